The van der Waals surface area contributed by atoms with Crippen LogP contribution in [0.3, 0.4) is 0 Å². The summed E-state index contributed by atoms with van der Waals surface area (Å²) in [5.41, 5.74) is 1.80. The first-order valence-corrected chi connectivity index (χ1v) is 13.4. The van der Waals surface area contributed by atoms with E-state index >= 15 is 0 Å². The third kappa shape index (κ3) is 2.05. The third-order valence-electron chi connectivity index (χ3n) is 13.7. The number of carboxylic acids is 1. The highest BCUT2D eigenvalue weighted by Crippen LogP contribution is 2.82. The number of carboxylic acid groups (broad SMARTS) is 1. The van der Waals surface area contributed by atoms with Crippen LogP contribution in [-0.2, 0) is 4.79 Å². The van der Waals surface area contributed by atoms with Gasteiger partial charge >= 0.3 is 5.97 Å². The molecule has 0 aromatic rings. The summed E-state index contributed by atoms with van der Waals surface area (Å²) in [5, 5.41) is 21.4. The van der Waals surface area contributed by atoms with Crippen LogP contribution in [0.15, 0.2) is 11.6 Å². The minimum absolute atomic E-state index is 0.0230. The maximum atomic E-state index is 12.8. The summed E-state index contributed by atoms with van der Waals surface area (Å²) in [6.07, 6.45) is 12.1. The molecule has 10 atom stereocenters. The molecule has 5 saturated carbocycles. The molecule has 0 spiro atoms. The summed E-state index contributed by atoms with van der Waals surface area (Å²) in [5.74, 6) is 1.25. The summed E-state index contributed by atoms with van der Waals surface area (Å²) in [4.78, 5) is 12.8. The maximum absolute atomic E-state index is 12.8. The molecular weight excluding hydrogens is 396 g/mol. The Labute approximate surface area is 194 Å². The van der Waals surface area contributed by atoms with Crippen LogP contribution in [0, 0.1) is 56.2 Å². The number of aliphatic hydroxyl groups is 1. The molecule has 2 N–H and O–H groups in total. The molecule has 6 rings (SSSR count). The van der Waals surface area contributed by atoms with Crippen molar-refractivity contribution in [3.05, 3.63) is 11.6 Å². The molecule has 178 valence electrons. The third-order valence-corrected chi connectivity index (χ3v) is 13.7. The fourth-order valence-electron chi connectivity index (χ4n) is 11.8. The summed E-state index contributed by atoms with van der Waals surface area (Å²) >= 11 is 0. The highest BCUT2D eigenvalue weighted by Gasteiger charge is 2.77. The van der Waals surface area contributed by atoms with Crippen molar-refractivity contribution < 1.29 is 15.0 Å². The van der Waals surface area contributed by atoms with Gasteiger partial charge in [-0.3, -0.25) is 4.79 Å². The molecular formula is C29H44O3. The van der Waals surface area contributed by atoms with E-state index in [0.29, 0.717) is 17.8 Å². The predicted octanol–water partition coefficient (Wildman–Crippen LogP) is 6.45. The van der Waals surface area contributed by atoms with Gasteiger partial charge < -0.3 is 10.2 Å². The molecule has 32 heavy (non-hydrogen) atoms. The molecule has 0 unspecified atom stereocenters. The maximum Gasteiger partial charge on any atom is 0.310 e. The second-order valence-corrected chi connectivity index (χ2v) is 14.7. The molecule has 0 aliphatic heterocycles. The number of rotatable bonds is 1. The quantitative estimate of drug-likeness (QED) is 0.460. The van der Waals surface area contributed by atoms with Crippen molar-refractivity contribution in [2.24, 2.45) is 56.2 Å². The number of allylic oxidation sites excluding steroid dienone is 2. The molecule has 0 heterocycles. The van der Waals surface area contributed by atoms with Crippen LogP contribution in [0.5, 0.6) is 0 Å². The molecule has 4 bridgehead atoms. The minimum Gasteiger partial charge on any atom is -0.481 e. The van der Waals surface area contributed by atoms with Crippen molar-refractivity contribution in [3.63, 3.8) is 0 Å². The Hall–Kier alpha value is -0.830. The van der Waals surface area contributed by atoms with Gasteiger partial charge in [-0.15, -0.1) is 0 Å². The molecule has 0 amide bonds. The highest BCUT2D eigenvalue weighted by molar-refractivity contribution is 5.78. The predicted molar refractivity (Wildman–Crippen MR) is 126 cm³/mol. The van der Waals surface area contributed by atoms with Crippen molar-refractivity contribution in [3.8, 4) is 0 Å². The lowest BCUT2D eigenvalue weighted by Gasteiger charge is -2.70. The molecule has 3 nitrogen and oxygen atoms in total. The van der Waals surface area contributed by atoms with Crippen LogP contribution in [0.1, 0.15) is 99.3 Å². The van der Waals surface area contributed by atoms with Crippen molar-refractivity contribution in [2.75, 3.05) is 0 Å². The van der Waals surface area contributed by atoms with E-state index in [2.05, 4.69) is 47.6 Å². The lowest BCUT2D eigenvalue weighted by atomic mass is 9.34. The molecule has 0 saturated heterocycles. The van der Waals surface area contributed by atoms with Gasteiger partial charge in [0.2, 0.25) is 0 Å². The average Bonchev–Trinajstić information content (AvgIpc) is 3.08. The van der Waals surface area contributed by atoms with E-state index in [-0.39, 0.29) is 39.1 Å². The normalized spacial score (nSPS) is 59.6. The first kappa shape index (κ1) is 21.7. The van der Waals surface area contributed by atoms with Gasteiger partial charge in [-0.25, -0.2) is 0 Å². The second-order valence-electron chi connectivity index (χ2n) is 14.7. The Kier molecular flexibility index (Phi) is 3.97. The Balaban J connectivity index is 1.47. The first-order valence-electron chi connectivity index (χ1n) is 13.4. The van der Waals surface area contributed by atoms with Crippen molar-refractivity contribution in [2.45, 2.75) is 105 Å². The average molecular weight is 441 g/mol. The minimum atomic E-state index is -0.511. The van der Waals surface area contributed by atoms with E-state index < -0.39 is 11.4 Å². The van der Waals surface area contributed by atoms with E-state index in [1.807, 2.05) is 0 Å². The van der Waals surface area contributed by atoms with Crippen molar-refractivity contribution in [1.82, 2.24) is 0 Å². The monoisotopic (exact) mass is 440 g/mol. The lowest BCUT2D eigenvalue weighted by molar-refractivity contribution is -0.204. The van der Waals surface area contributed by atoms with E-state index in [0.717, 1.165) is 44.9 Å². The van der Waals surface area contributed by atoms with E-state index in [4.69, 9.17) is 0 Å². The van der Waals surface area contributed by atoms with Gasteiger partial charge in [0.25, 0.3) is 0 Å². The van der Waals surface area contributed by atoms with Gasteiger partial charge in [0.15, 0.2) is 0 Å². The molecule has 3 heteroatoms. The summed E-state index contributed by atoms with van der Waals surface area (Å²) in [6.45, 7) is 14.7. The Bertz CT molecular complexity index is 919. The summed E-state index contributed by atoms with van der Waals surface area (Å²) in [6, 6.07) is 0. The summed E-state index contributed by atoms with van der Waals surface area (Å²) < 4.78 is 0. The topological polar surface area (TPSA) is 57.5 Å². The number of hydrogen-bond donors (Lipinski definition) is 2. The van der Waals surface area contributed by atoms with Crippen LogP contribution in [0.25, 0.3) is 0 Å². The van der Waals surface area contributed by atoms with E-state index in [1.54, 1.807) is 0 Å². The zero-order chi connectivity index (χ0) is 23.1. The van der Waals surface area contributed by atoms with Gasteiger partial charge in [0.1, 0.15) is 0 Å². The van der Waals surface area contributed by atoms with Gasteiger partial charge in [-0.1, -0.05) is 53.2 Å². The van der Waals surface area contributed by atoms with Crippen LogP contribution >= 0.6 is 0 Å². The van der Waals surface area contributed by atoms with Crippen molar-refractivity contribution in [1.29, 1.82) is 0 Å². The number of hydrogen-bond acceptors (Lipinski definition) is 2. The van der Waals surface area contributed by atoms with Crippen LogP contribution < -0.4 is 0 Å². The fourth-order valence-corrected chi connectivity index (χ4v) is 11.8. The Morgan fingerprint density at radius 2 is 1.62 bits per heavy atom. The number of aliphatic hydroxyl groups excluding tert-OH is 1. The number of aliphatic carboxylic acids is 1. The smallest absolute Gasteiger partial charge is 0.310 e. The first-order chi connectivity index (χ1) is 14.8. The highest BCUT2D eigenvalue weighted by atomic mass is 16.4. The van der Waals surface area contributed by atoms with E-state index in [1.165, 1.54) is 18.4 Å². The van der Waals surface area contributed by atoms with Gasteiger partial charge in [-0.05, 0) is 109 Å². The molecule has 6 aliphatic carbocycles. The van der Waals surface area contributed by atoms with Gasteiger partial charge in [0, 0.05) is 0 Å². The fraction of sp³-hybridized carbons (Fsp3) is 0.897. The van der Waals surface area contributed by atoms with Crippen LogP contribution in [-0.4, -0.2) is 22.3 Å². The SMILES string of the molecule is CC1(C)[C@@H](O)CC[C@]2(C)[C@H]3CC=C4[C@H]5C[C@]6(C)CC[C@]5(C(=O)O)[C@H]6C[C@@]4(C)[C@]3(C)CC[C@@H]12. The summed E-state index contributed by atoms with van der Waals surface area (Å²) in [7, 11) is 0. The molecule has 6 aliphatic rings. The molecule has 0 aromatic carbocycles. The Morgan fingerprint density at radius 3 is 2.31 bits per heavy atom. The largest absolute Gasteiger partial charge is 0.481 e. The lowest BCUT2D eigenvalue weighted by Crippen LogP contribution is -2.64. The second kappa shape index (κ2) is 5.86. The zero-order valence-electron chi connectivity index (χ0n) is 21.1. The van der Waals surface area contributed by atoms with Crippen LogP contribution in [0.4, 0.5) is 0 Å². The molecule has 0 aromatic heterocycles. The Morgan fingerprint density at radius 1 is 0.906 bits per heavy atom. The number of carbonyl (C=O) groups is 1. The van der Waals surface area contributed by atoms with E-state index in [9.17, 15) is 15.0 Å². The zero-order valence-corrected chi connectivity index (χ0v) is 21.1. The van der Waals surface area contributed by atoms with Crippen LogP contribution in [0.2, 0.25) is 0 Å². The molecule has 0 radical (unpaired) electrons. The standard InChI is InChI=1S/C29H44O3/c1-24(2)19-9-12-27(5)20(26(19,4)11-10-22(24)30)8-7-17-18-15-25(3)13-14-29(18,23(31)32)21(25)16-28(17,27)6/h7,18-22,30H,8-16H2,1-6H3,(H,31,32)/t18-,19+,20-,21+,22+,25+,26+,27-,28-,29-/m1/s1. The number of fused-ring (bicyclic) bond motifs is 6. The van der Waals surface area contributed by atoms with Crippen molar-refractivity contribution >= 4 is 5.97 Å². The van der Waals surface area contributed by atoms with Gasteiger partial charge in [0.05, 0.1) is 11.5 Å². The van der Waals surface area contributed by atoms with Gasteiger partial charge in [-0.2, -0.15) is 0 Å². The molecule has 5 fully saturated rings.